The summed E-state index contributed by atoms with van der Waals surface area (Å²) in [5, 5.41) is 6.90. The van der Waals surface area contributed by atoms with Crippen molar-refractivity contribution in [1.82, 2.24) is 5.32 Å². The zero-order chi connectivity index (χ0) is 21.4. The number of hydrogen-bond donors (Lipinski definition) is 2. The molecular formula is C28H30N2O. The maximum absolute atomic E-state index is 12.8. The fourth-order valence-corrected chi connectivity index (χ4v) is 5.43. The number of anilines is 1. The number of fused-ring (bicyclic) bond motifs is 1. The molecule has 1 fully saturated rings. The highest BCUT2D eigenvalue weighted by atomic mass is 16.2. The highest BCUT2D eigenvalue weighted by Gasteiger charge is 2.38. The average molecular weight is 411 g/mol. The first-order valence-electron chi connectivity index (χ1n) is 11.3. The highest BCUT2D eigenvalue weighted by molar-refractivity contribution is 5.86. The van der Waals surface area contributed by atoms with Crippen molar-refractivity contribution in [2.24, 2.45) is 11.3 Å². The molecule has 1 saturated heterocycles. The molecule has 0 aromatic heterocycles. The molecule has 2 aliphatic heterocycles. The minimum absolute atomic E-state index is 0.0777. The van der Waals surface area contributed by atoms with Crippen LogP contribution in [0.3, 0.4) is 0 Å². The molecule has 158 valence electrons. The van der Waals surface area contributed by atoms with Gasteiger partial charge in [0.1, 0.15) is 0 Å². The van der Waals surface area contributed by atoms with Crippen molar-refractivity contribution in [2.45, 2.75) is 38.6 Å². The number of benzene rings is 3. The predicted molar refractivity (Wildman–Crippen MR) is 126 cm³/mol. The van der Waals surface area contributed by atoms with E-state index in [9.17, 15) is 4.79 Å². The quantitative estimate of drug-likeness (QED) is 0.597. The van der Waals surface area contributed by atoms with Gasteiger partial charge in [0.25, 0.3) is 0 Å². The van der Waals surface area contributed by atoms with Crippen LogP contribution in [0, 0.1) is 11.3 Å². The van der Waals surface area contributed by atoms with Crippen molar-refractivity contribution in [2.75, 3.05) is 11.9 Å². The topological polar surface area (TPSA) is 41.1 Å². The summed E-state index contributed by atoms with van der Waals surface area (Å²) in [5.74, 6) is 0.330. The third-order valence-electron chi connectivity index (χ3n) is 6.98. The Bertz CT molecular complexity index is 1090. The first-order valence-corrected chi connectivity index (χ1v) is 11.3. The Morgan fingerprint density at radius 3 is 2.48 bits per heavy atom. The standard InChI is InChI=1S/C28H30N2O/c1-28(2)17-22-11-6-7-14-24(22)30-26(28)21-13-8-12-20(16-21)25-23(18-29-27(25)31)15-19-9-4-3-5-10-19/h3-14,16,23,25-26,30H,15,17-18H2,1-2H3,(H,29,31)/t23?,25-,26?/m1/s1. The monoisotopic (exact) mass is 410 g/mol. The van der Waals surface area contributed by atoms with Crippen LogP contribution in [0.15, 0.2) is 78.9 Å². The van der Waals surface area contributed by atoms with E-state index in [0.717, 1.165) is 24.9 Å². The van der Waals surface area contributed by atoms with Crippen LogP contribution in [-0.2, 0) is 17.6 Å². The van der Waals surface area contributed by atoms with Gasteiger partial charge >= 0.3 is 0 Å². The van der Waals surface area contributed by atoms with E-state index >= 15 is 0 Å². The summed E-state index contributed by atoms with van der Waals surface area (Å²) in [6.07, 6.45) is 1.95. The second kappa shape index (κ2) is 7.88. The molecule has 0 bridgehead atoms. The SMILES string of the molecule is CC1(C)Cc2ccccc2NC1c1cccc([C@H]2C(=O)NCC2Cc2ccccc2)c1. The molecule has 2 heterocycles. The van der Waals surface area contributed by atoms with Crippen LogP contribution in [0.1, 0.15) is 48.1 Å². The average Bonchev–Trinajstić information content (AvgIpc) is 3.13. The zero-order valence-electron chi connectivity index (χ0n) is 18.3. The van der Waals surface area contributed by atoms with E-state index in [1.54, 1.807) is 0 Å². The lowest BCUT2D eigenvalue weighted by atomic mass is 9.72. The second-order valence-corrected chi connectivity index (χ2v) is 9.74. The Labute approximate surface area is 184 Å². The van der Waals surface area contributed by atoms with E-state index in [1.807, 2.05) is 6.07 Å². The molecule has 31 heavy (non-hydrogen) atoms. The van der Waals surface area contributed by atoms with Gasteiger partial charge in [0.2, 0.25) is 5.91 Å². The van der Waals surface area contributed by atoms with Gasteiger partial charge in [0.15, 0.2) is 0 Å². The Morgan fingerprint density at radius 2 is 1.65 bits per heavy atom. The molecule has 0 spiro atoms. The summed E-state index contributed by atoms with van der Waals surface area (Å²) >= 11 is 0. The molecule has 2 aliphatic rings. The summed E-state index contributed by atoms with van der Waals surface area (Å²) in [5.41, 5.74) is 6.35. The van der Waals surface area contributed by atoms with Gasteiger partial charge < -0.3 is 10.6 Å². The summed E-state index contributed by atoms with van der Waals surface area (Å²) < 4.78 is 0. The van der Waals surface area contributed by atoms with Gasteiger partial charge in [-0.3, -0.25) is 4.79 Å². The zero-order valence-corrected chi connectivity index (χ0v) is 18.3. The van der Waals surface area contributed by atoms with Gasteiger partial charge in [-0.1, -0.05) is 86.6 Å². The largest absolute Gasteiger partial charge is 0.377 e. The number of para-hydroxylation sites is 1. The summed E-state index contributed by atoms with van der Waals surface area (Å²) in [4.78, 5) is 12.8. The second-order valence-electron chi connectivity index (χ2n) is 9.74. The van der Waals surface area contributed by atoms with E-state index in [0.29, 0.717) is 0 Å². The number of nitrogens with one attached hydrogen (secondary N) is 2. The molecule has 3 nitrogen and oxygen atoms in total. The van der Waals surface area contributed by atoms with E-state index in [4.69, 9.17) is 0 Å². The smallest absolute Gasteiger partial charge is 0.227 e. The summed E-state index contributed by atoms with van der Waals surface area (Å²) in [6.45, 7) is 5.39. The minimum atomic E-state index is -0.0980. The molecule has 3 aromatic carbocycles. The molecule has 2 unspecified atom stereocenters. The molecule has 2 N–H and O–H groups in total. The maximum Gasteiger partial charge on any atom is 0.227 e. The number of carbonyl (C=O) groups excluding carboxylic acids is 1. The van der Waals surface area contributed by atoms with Gasteiger partial charge in [0, 0.05) is 12.2 Å². The number of rotatable bonds is 4. The molecule has 3 aromatic rings. The number of carbonyl (C=O) groups is 1. The Hall–Kier alpha value is -3.07. The van der Waals surface area contributed by atoms with Crippen LogP contribution in [0.5, 0.6) is 0 Å². The van der Waals surface area contributed by atoms with Crippen LogP contribution in [-0.4, -0.2) is 12.5 Å². The van der Waals surface area contributed by atoms with Crippen molar-refractivity contribution in [1.29, 1.82) is 0 Å². The van der Waals surface area contributed by atoms with Gasteiger partial charge in [-0.15, -0.1) is 0 Å². The highest BCUT2D eigenvalue weighted by Crippen LogP contribution is 2.45. The van der Waals surface area contributed by atoms with E-state index in [2.05, 4.69) is 97.3 Å². The molecule has 0 aliphatic carbocycles. The minimum Gasteiger partial charge on any atom is -0.377 e. The van der Waals surface area contributed by atoms with Gasteiger partial charge in [-0.2, -0.15) is 0 Å². The van der Waals surface area contributed by atoms with Crippen molar-refractivity contribution >= 4 is 11.6 Å². The Kier molecular flexibility index (Phi) is 5.05. The fraction of sp³-hybridized carbons (Fsp3) is 0.321. The molecule has 3 heteroatoms. The molecular weight excluding hydrogens is 380 g/mol. The molecule has 5 rings (SSSR count). The molecule has 1 amide bonds. The lowest BCUT2D eigenvalue weighted by Crippen LogP contribution is -2.35. The predicted octanol–water partition coefficient (Wildman–Crippen LogP) is 5.49. The van der Waals surface area contributed by atoms with Crippen LogP contribution < -0.4 is 10.6 Å². The van der Waals surface area contributed by atoms with Gasteiger partial charge in [-0.25, -0.2) is 0 Å². The number of hydrogen-bond acceptors (Lipinski definition) is 2. The Morgan fingerprint density at radius 1 is 0.903 bits per heavy atom. The summed E-state index contributed by atoms with van der Waals surface area (Å²) in [6, 6.07) is 28.0. The maximum atomic E-state index is 12.8. The lowest BCUT2D eigenvalue weighted by Gasteiger charge is -2.41. The van der Waals surface area contributed by atoms with Crippen molar-refractivity contribution in [3.8, 4) is 0 Å². The van der Waals surface area contributed by atoms with Crippen molar-refractivity contribution in [3.63, 3.8) is 0 Å². The normalized spacial score (nSPS) is 24.2. The van der Waals surface area contributed by atoms with Crippen LogP contribution >= 0.6 is 0 Å². The van der Waals surface area contributed by atoms with E-state index < -0.39 is 0 Å². The van der Waals surface area contributed by atoms with Gasteiger partial charge in [0.05, 0.1) is 12.0 Å². The van der Waals surface area contributed by atoms with Crippen LogP contribution in [0.4, 0.5) is 5.69 Å². The van der Waals surface area contributed by atoms with E-state index in [1.165, 1.54) is 22.4 Å². The molecule has 3 atom stereocenters. The number of amides is 1. The third kappa shape index (κ3) is 3.85. The first kappa shape index (κ1) is 19.9. The third-order valence-corrected chi connectivity index (χ3v) is 6.98. The van der Waals surface area contributed by atoms with Crippen LogP contribution in [0.2, 0.25) is 0 Å². The lowest BCUT2D eigenvalue weighted by molar-refractivity contribution is -0.120. The van der Waals surface area contributed by atoms with Gasteiger partial charge in [-0.05, 0) is 52.5 Å². The van der Waals surface area contributed by atoms with E-state index in [-0.39, 0.29) is 29.2 Å². The van der Waals surface area contributed by atoms with Crippen molar-refractivity contribution < 1.29 is 4.79 Å². The Balaban J connectivity index is 1.45. The molecule has 0 radical (unpaired) electrons. The molecule has 0 saturated carbocycles. The first-order chi connectivity index (χ1) is 15.0. The van der Waals surface area contributed by atoms with Crippen molar-refractivity contribution in [3.05, 3.63) is 101 Å². The fourth-order valence-electron chi connectivity index (χ4n) is 5.43. The summed E-state index contributed by atoms with van der Waals surface area (Å²) in [7, 11) is 0. The van der Waals surface area contributed by atoms with Crippen LogP contribution in [0.25, 0.3) is 0 Å².